The molecular formula is C14H19N3O. The third-order valence-electron chi connectivity index (χ3n) is 3.17. The Balaban J connectivity index is 2.75. The van der Waals surface area contributed by atoms with Crippen molar-refractivity contribution in [1.29, 1.82) is 0 Å². The van der Waals surface area contributed by atoms with Crippen LogP contribution in [0, 0.1) is 6.92 Å². The average molecular weight is 245 g/mol. The molecule has 1 aromatic heterocycles. The second kappa shape index (κ2) is 4.72. The number of aryl methyl sites for hydroxylation is 1. The molecule has 0 saturated heterocycles. The van der Waals surface area contributed by atoms with Gasteiger partial charge >= 0.3 is 0 Å². The molecule has 18 heavy (non-hydrogen) atoms. The highest BCUT2D eigenvalue weighted by Gasteiger charge is 2.16. The minimum Gasteiger partial charge on any atom is -0.393 e. The molecule has 0 atom stereocenters. The zero-order valence-corrected chi connectivity index (χ0v) is 11.1. The topological polar surface area (TPSA) is 53.0 Å². The lowest BCUT2D eigenvalue weighted by Crippen LogP contribution is -2.22. The van der Waals surface area contributed by atoms with E-state index in [1.54, 1.807) is 4.68 Å². The highest BCUT2D eigenvalue weighted by Crippen LogP contribution is 2.15. The van der Waals surface area contributed by atoms with Gasteiger partial charge in [-0.3, -0.25) is 9.48 Å². The third-order valence-corrected chi connectivity index (χ3v) is 3.17. The van der Waals surface area contributed by atoms with Crippen LogP contribution in [0.5, 0.6) is 0 Å². The third kappa shape index (κ3) is 1.83. The van der Waals surface area contributed by atoms with Crippen LogP contribution in [0.1, 0.15) is 25.1 Å². The maximum Gasteiger partial charge on any atom is 0.294 e. The van der Waals surface area contributed by atoms with E-state index in [1.165, 1.54) is 0 Å². The molecule has 2 rings (SSSR count). The average Bonchev–Trinajstić information content (AvgIpc) is 2.61. The van der Waals surface area contributed by atoms with E-state index in [1.807, 2.05) is 49.7 Å². The molecule has 2 aromatic rings. The fourth-order valence-electron chi connectivity index (χ4n) is 2.33. The summed E-state index contributed by atoms with van der Waals surface area (Å²) in [4.78, 5) is 12.3. The van der Waals surface area contributed by atoms with Gasteiger partial charge in [-0.2, -0.15) is 0 Å². The molecule has 0 spiro atoms. The van der Waals surface area contributed by atoms with E-state index in [0.717, 1.165) is 29.9 Å². The number of rotatable bonds is 3. The normalized spacial score (nSPS) is 10.8. The van der Waals surface area contributed by atoms with Gasteiger partial charge in [0.15, 0.2) is 0 Å². The quantitative estimate of drug-likeness (QED) is 0.900. The predicted octanol–water partition coefficient (Wildman–Crippen LogP) is 2.11. The Morgan fingerprint density at radius 3 is 2.56 bits per heavy atom. The van der Waals surface area contributed by atoms with Crippen molar-refractivity contribution >= 4 is 5.69 Å². The number of nitrogens with zero attached hydrogens (tertiary/aromatic N) is 2. The Labute approximate surface area is 107 Å². The molecular weight excluding hydrogens is 226 g/mol. The summed E-state index contributed by atoms with van der Waals surface area (Å²) in [5, 5.41) is 0. The highest BCUT2D eigenvalue weighted by molar-refractivity contribution is 5.46. The van der Waals surface area contributed by atoms with Crippen molar-refractivity contribution in [1.82, 2.24) is 9.36 Å². The molecule has 2 N–H and O–H groups in total. The van der Waals surface area contributed by atoms with Gasteiger partial charge in [0.1, 0.15) is 5.69 Å². The highest BCUT2D eigenvalue weighted by atomic mass is 16.1. The van der Waals surface area contributed by atoms with Crippen molar-refractivity contribution in [3.05, 3.63) is 45.9 Å². The first-order valence-electron chi connectivity index (χ1n) is 6.27. The molecule has 0 amide bonds. The van der Waals surface area contributed by atoms with E-state index in [-0.39, 0.29) is 5.56 Å². The SMILES string of the molecule is CCc1c(N)c(=O)n(-c2cccc(C)c2)n1CC. The van der Waals surface area contributed by atoms with Crippen molar-refractivity contribution in [2.45, 2.75) is 33.7 Å². The Morgan fingerprint density at radius 2 is 2.00 bits per heavy atom. The molecule has 4 heteroatoms. The van der Waals surface area contributed by atoms with Crippen LogP contribution in [-0.4, -0.2) is 9.36 Å². The molecule has 0 bridgehead atoms. The van der Waals surface area contributed by atoms with Crippen molar-refractivity contribution < 1.29 is 0 Å². The van der Waals surface area contributed by atoms with E-state index < -0.39 is 0 Å². The number of aromatic nitrogens is 2. The van der Waals surface area contributed by atoms with Crippen LogP contribution < -0.4 is 11.3 Å². The molecule has 0 fully saturated rings. The Hall–Kier alpha value is -1.97. The van der Waals surface area contributed by atoms with Crippen LogP contribution in [0.3, 0.4) is 0 Å². The van der Waals surface area contributed by atoms with Crippen LogP contribution in [0.4, 0.5) is 5.69 Å². The Bertz CT molecular complexity index is 622. The van der Waals surface area contributed by atoms with E-state index in [0.29, 0.717) is 5.69 Å². The van der Waals surface area contributed by atoms with Crippen molar-refractivity contribution in [2.24, 2.45) is 0 Å². The summed E-state index contributed by atoms with van der Waals surface area (Å²) in [6.07, 6.45) is 0.758. The largest absolute Gasteiger partial charge is 0.393 e. The summed E-state index contributed by atoms with van der Waals surface area (Å²) in [6.45, 7) is 6.77. The second-order valence-corrected chi connectivity index (χ2v) is 4.39. The minimum absolute atomic E-state index is 0.126. The number of hydrogen-bond acceptors (Lipinski definition) is 2. The van der Waals surface area contributed by atoms with Crippen LogP contribution in [0.25, 0.3) is 5.69 Å². The van der Waals surface area contributed by atoms with Gasteiger partial charge in [0.2, 0.25) is 0 Å². The summed E-state index contributed by atoms with van der Waals surface area (Å²) in [5.41, 5.74) is 9.05. The summed E-state index contributed by atoms with van der Waals surface area (Å²) in [5.74, 6) is 0. The smallest absolute Gasteiger partial charge is 0.294 e. The molecule has 4 nitrogen and oxygen atoms in total. The monoisotopic (exact) mass is 245 g/mol. The van der Waals surface area contributed by atoms with Gasteiger partial charge < -0.3 is 5.73 Å². The lowest BCUT2D eigenvalue weighted by atomic mass is 10.2. The lowest BCUT2D eigenvalue weighted by Gasteiger charge is -2.12. The molecule has 1 aromatic carbocycles. The van der Waals surface area contributed by atoms with E-state index >= 15 is 0 Å². The number of hydrogen-bond donors (Lipinski definition) is 1. The number of nitrogens with two attached hydrogens (primary N) is 1. The first kappa shape index (κ1) is 12.5. The Morgan fingerprint density at radius 1 is 1.28 bits per heavy atom. The minimum atomic E-state index is -0.126. The Kier molecular flexibility index (Phi) is 3.28. The fourth-order valence-corrected chi connectivity index (χ4v) is 2.33. The molecule has 1 heterocycles. The van der Waals surface area contributed by atoms with Crippen LogP contribution >= 0.6 is 0 Å². The van der Waals surface area contributed by atoms with Gasteiger partial charge in [-0.25, -0.2) is 4.68 Å². The fraction of sp³-hybridized carbons (Fsp3) is 0.357. The molecule has 0 saturated carbocycles. The van der Waals surface area contributed by atoms with Crippen LogP contribution in [0.15, 0.2) is 29.1 Å². The van der Waals surface area contributed by atoms with E-state index in [4.69, 9.17) is 5.73 Å². The first-order valence-corrected chi connectivity index (χ1v) is 6.27. The number of anilines is 1. The van der Waals surface area contributed by atoms with Gasteiger partial charge in [-0.1, -0.05) is 19.1 Å². The zero-order chi connectivity index (χ0) is 13.3. The van der Waals surface area contributed by atoms with Crippen LogP contribution in [-0.2, 0) is 13.0 Å². The number of nitrogen functional groups attached to an aromatic ring is 1. The van der Waals surface area contributed by atoms with Crippen molar-refractivity contribution in [3.8, 4) is 5.69 Å². The summed E-state index contributed by atoms with van der Waals surface area (Å²) in [6, 6.07) is 7.88. The predicted molar refractivity (Wildman–Crippen MR) is 74.2 cm³/mol. The standard InChI is InChI=1S/C14H19N3O/c1-4-12-13(15)14(18)17(16(12)5-2)11-8-6-7-10(3)9-11/h6-9H,4-5,15H2,1-3H3. The summed E-state index contributed by atoms with van der Waals surface area (Å²) >= 11 is 0. The van der Waals surface area contributed by atoms with Crippen molar-refractivity contribution in [3.63, 3.8) is 0 Å². The lowest BCUT2D eigenvalue weighted by molar-refractivity contribution is 0.551. The van der Waals surface area contributed by atoms with Gasteiger partial charge in [0.05, 0.1) is 11.4 Å². The molecule has 0 aliphatic heterocycles. The van der Waals surface area contributed by atoms with Gasteiger partial charge in [-0.05, 0) is 38.0 Å². The molecule has 96 valence electrons. The molecule has 0 radical (unpaired) electrons. The van der Waals surface area contributed by atoms with Gasteiger partial charge in [-0.15, -0.1) is 0 Å². The molecule has 0 aliphatic carbocycles. The van der Waals surface area contributed by atoms with Gasteiger partial charge in [0.25, 0.3) is 5.56 Å². The number of benzene rings is 1. The molecule has 0 aliphatic rings. The van der Waals surface area contributed by atoms with E-state index in [2.05, 4.69) is 0 Å². The van der Waals surface area contributed by atoms with Crippen molar-refractivity contribution in [2.75, 3.05) is 5.73 Å². The molecule has 0 unspecified atom stereocenters. The summed E-state index contributed by atoms with van der Waals surface area (Å²) in [7, 11) is 0. The second-order valence-electron chi connectivity index (χ2n) is 4.39. The zero-order valence-electron chi connectivity index (χ0n) is 11.1. The first-order chi connectivity index (χ1) is 8.60. The maximum absolute atomic E-state index is 12.3. The van der Waals surface area contributed by atoms with E-state index in [9.17, 15) is 4.79 Å². The van der Waals surface area contributed by atoms with Gasteiger partial charge in [0, 0.05) is 6.54 Å². The maximum atomic E-state index is 12.3. The summed E-state index contributed by atoms with van der Waals surface area (Å²) < 4.78 is 3.62. The van der Waals surface area contributed by atoms with Crippen LogP contribution in [0.2, 0.25) is 0 Å².